The van der Waals surface area contributed by atoms with Gasteiger partial charge in [0.25, 0.3) is 0 Å². The van der Waals surface area contributed by atoms with E-state index in [4.69, 9.17) is 5.11 Å². The zero-order chi connectivity index (χ0) is 15.0. The monoisotopic (exact) mass is 280 g/mol. The van der Waals surface area contributed by atoms with Gasteiger partial charge in [0.05, 0.1) is 5.56 Å². The number of carboxylic acid groups (broad SMARTS) is 1. The minimum atomic E-state index is -1.06. The van der Waals surface area contributed by atoms with Gasteiger partial charge in [-0.1, -0.05) is 36.4 Å². The van der Waals surface area contributed by atoms with E-state index in [0.29, 0.717) is 5.56 Å². The van der Waals surface area contributed by atoms with Crippen molar-refractivity contribution in [2.45, 2.75) is 6.92 Å². The first-order valence-corrected chi connectivity index (χ1v) is 6.59. The Kier molecular flexibility index (Phi) is 3.18. The summed E-state index contributed by atoms with van der Waals surface area (Å²) in [6.07, 6.45) is 0. The molecule has 1 N–H and O–H groups in total. The van der Waals surface area contributed by atoms with E-state index in [2.05, 4.69) is 0 Å². The Morgan fingerprint density at radius 2 is 1.81 bits per heavy atom. The maximum absolute atomic E-state index is 14.2. The first-order valence-electron chi connectivity index (χ1n) is 6.59. The number of halogens is 1. The lowest BCUT2D eigenvalue weighted by atomic mass is 9.92. The van der Waals surface area contributed by atoms with Crippen molar-refractivity contribution >= 4 is 16.7 Å². The molecule has 21 heavy (non-hydrogen) atoms. The van der Waals surface area contributed by atoms with Crippen molar-refractivity contribution in [1.82, 2.24) is 0 Å². The van der Waals surface area contributed by atoms with Crippen LogP contribution < -0.4 is 0 Å². The zero-order valence-corrected chi connectivity index (χ0v) is 11.4. The van der Waals surface area contributed by atoms with E-state index in [9.17, 15) is 9.18 Å². The van der Waals surface area contributed by atoms with Crippen LogP contribution >= 0.6 is 0 Å². The van der Waals surface area contributed by atoms with E-state index in [1.54, 1.807) is 0 Å². The summed E-state index contributed by atoms with van der Waals surface area (Å²) in [7, 11) is 0. The number of benzene rings is 3. The molecule has 0 saturated heterocycles. The molecule has 0 saturated carbocycles. The van der Waals surface area contributed by atoms with Gasteiger partial charge in [0.2, 0.25) is 0 Å². The third-order valence-corrected chi connectivity index (χ3v) is 3.62. The molecule has 3 rings (SSSR count). The number of rotatable bonds is 2. The molecule has 0 fully saturated rings. The molecule has 0 bridgehead atoms. The molecule has 0 heterocycles. The van der Waals surface area contributed by atoms with Crippen molar-refractivity contribution in [3.05, 3.63) is 71.5 Å². The summed E-state index contributed by atoms with van der Waals surface area (Å²) >= 11 is 0. The van der Waals surface area contributed by atoms with Gasteiger partial charge in [0.15, 0.2) is 0 Å². The number of aryl methyl sites for hydroxylation is 1. The lowest BCUT2D eigenvalue weighted by molar-refractivity contribution is 0.0697. The fourth-order valence-electron chi connectivity index (χ4n) is 2.59. The van der Waals surface area contributed by atoms with Crippen molar-refractivity contribution in [2.75, 3.05) is 0 Å². The van der Waals surface area contributed by atoms with E-state index >= 15 is 0 Å². The number of fused-ring (bicyclic) bond motifs is 1. The van der Waals surface area contributed by atoms with Crippen LogP contribution in [0.1, 0.15) is 15.9 Å². The summed E-state index contributed by atoms with van der Waals surface area (Å²) in [4.78, 5) is 11.1. The first-order chi connectivity index (χ1) is 10.1. The van der Waals surface area contributed by atoms with Crippen molar-refractivity contribution in [3.8, 4) is 11.1 Å². The van der Waals surface area contributed by atoms with Gasteiger partial charge in [-0.15, -0.1) is 0 Å². The normalized spacial score (nSPS) is 10.8. The van der Waals surface area contributed by atoms with Crippen LogP contribution in [0.3, 0.4) is 0 Å². The number of hydrogen-bond acceptors (Lipinski definition) is 1. The van der Waals surface area contributed by atoms with Crippen molar-refractivity contribution < 1.29 is 14.3 Å². The molecule has 3 aromatic carbocycles. The van der Waals surface area contributed by atoms with Gasteiger partial charge in [-0.25, -0.2) is 9.18 Å². The third kappa shape index (κ3) is 2.27. The van der Waals surface area contributed by atoms with Crippen LogP contribution in [-0.2, 0) is 0 Å². The van der Waals surface area contributed by atoms with Crippen molar-refractivity contribution in [3.63, 3.8) is 0 Å². The average molecular weight is 280 g/mol. The molecule has 0 unspecified atom stereocenters. The Morgan fingerprint density at radius 3 is 2.57 bits per heavy atom. The second-order valence-electron chi connectivity index (χ2n) is 4.98. The lowest BCUT2D eigenvalue weighted by Gasteiger charge is -2.12. The van der Waals surface area contributed by atoms with Crippen LogP contribution in [0.2, 0.25) is 0 Å². The topological polar surface area (TPSA) is 37.3 Å². The molecule has 2 nitrogen and oxygen atoms in total. The van der Waals surface area contributed by atoms with Crippen molar-refractivity contribution in [2.24, 2.45) is 0 Å². The Balaban J connectivity index is 2.37. The van der Waals surface area contributed by atoms with E-state index in [1.807, 2.05) is 43.3 Å². The summed E-state index contributed by atoms with van der Waals surface area (Å²) in [5.41, 5.74) is 2.06. The average Bonchev–Trinajstić information content (AvgIpc) is 2.48. The van der Waals surface area contributed by atoms with Crippen LogP contribution in [0.25, 0.3) is 21.9 Å². The van der Waals surface area contributed by atoms with Gasteiger partial charge in [0, 0.05) is 5.56 Å². The molecule has 3 aromatic rings. The van der Waals surface area contributed by atoms with Gasteiger partial charge < -0.3 is 5.11 Å². The first kappa shape index (κ1) is 13.3. The summed E-state index contributed by atoms with van der Waals surface area (Å²) in [6, 6.07) is 15.5. The molecular weight excluding hydrogens is 267 g/mol. The molecule has 104 valence electrons. The molecule has 0 spiro atoms. The van der Waals surface area contributed by atoms with E-state index < -0.39 is 11.8 Å². The minimum absolute atomic E-state index is 0.0822. The maximum Gasteiger partial charge on any atom is 0.335 e. The van der Waals surface area contributed by atoms with Crippen LogP contribution in [-0.4, -0.2) is 11.1 Å². The Morgan fingerprint density at radius 1 is 1.05 bits per heavy atom. The molecule has 0 amide bonds. The van der Waals surface area contributed by atoms with E-state index in [0.717, 1.165) is 21.9 Å². The van der Waals surface area contributed by atoms with Gasteiger partial charge in [-0.05, 0) is 47.0 Å². The molecule has 0 aliphatic carbocycles. The van der Waals surface area contributed by atoms with E-state index in [-0.39, 0.29) is 5.56 Å². The summed E-state index contributed by atoms with van der Waals surface area (Å²) in [6.45, 7) is 1.90. The number of carbonyl (C=O) groups is 1. The van der Waals surface area contributed by atoms with E-state index in [1.165, 1.54) is 18.2 Å². The smallest absolute Gasteiger partial charge is 0.335 e. The number of hydrogen-bond donors (Lipinski definition) is 1. The SMILES string of the molecule is Cc1ccc2ccccc2c1-c1cc(C(=O)O)ccc1F. The molecule has 0 aliphatic rings. The summed E-state index contributed by atoms with van der Waals surface area (Å²) < 4.78 is 14.2. The second kappa shape index (κ2) is 5.02. The molecule has 0 aromatic heterocycles. The van der Waals surface area contributed by atoms with Crippen LogP contribution in [0.5, 0.6) is 0 Å². The molecule has 3 heteroatoms. The number of carboxylic acids is 1. The fraction of sp³-hybridized carbons (Fsp3) is 0.0556. The standard InChI is InChI=1S/C18H13FO2/c1-11-6-7-12-4-2-3-5-14(12)17(11)15-10-13(18(20)21)8-9-16(15)19/h2-10H,1H3,(H,20,21). The predicted octanol–water partition coefficient (Wildman–Crippen LogP) is 4.65. The maximum atomic E-state index is 14.2. The summed E-state index contributed by atoms with van der Waals surface area (Å²) in [5, 5.41) is 11.0. The highest BCUT2D eigenvalue weighted by Gasteiger charge is 2.14. The Hall–Kier alpha value is -2.68. The lowest BCUT2D eigenvalue weighted by Crippen LogP contribution is -1.98. The zero-order valence-electron chi connectivity index (χ0n) is 11.4. The minimum Gasteiger partial charge on any atom is -0.478 e. The van der Waals surface area contributed by atoms with Crippen LogP contribution in [0.4, 0.5) is 4.39 Å². The molecule has 0 atom stereocenters. The quantitative estimate of drug-likeness (QED) is 0.741. The largest absolute Gasteiger partial charge is 0.478 e. The highest BCUT2D eigenvalue weighted by Crippen LogP contribution is 2.34. The molecular formula is C18H13FO2. The van der Waals surface area contributed by atoms with Crippen LogP contribution in [0, 0.1) is 12.7 Å². The second-order valence-corrected chi connectivity index (χ2v) is 4.98. The van der Waals surface area contributed by atoms with Crippen LogP contribution in [0.15, 0.2) is 54.6 Å². The third-order valence-electron chi connectivity index (χ3n) is 3.62. The van der Waals surface area contributed by atoms with Gasteiger partial charge >= 0.3 is 5.97 Å². The fourth-order valence-corrected chi connectivity index (χ4v) is 2.59. The highest BCUT2D eigenvalue weighted by molar-refractivity contribution is 5.99. The highest BCUT2D eigenvalue weighted by atomic mass is 19.1. The molecule has 0 aliphatic heterocycles. The van der Waals surface area contributed by atoms with Gasteiger partial charge in [-0.2, -0.15) is 0 Å². The van der Waals surface area contributed by atoms with Crippen molar-refractivity contribution in [1.29, 1.82) is 0 Å². The predicted molar refractivity (Wildman–Crippen MR) is 81.0 cm³/mol. The Labute approximate surface area is 121 Å². The Bertz CT molecular complexity index is 853. The van der Waals surface area contributed by atoms with Gasteiger partial charge in [-0.3, -0.25) is 0 Å². The summed E-state index contributed by atoms with van der Waals surface area (Å²) in [5.74, 6) is -1.48. The molecule has 0 radical (unpaired) electrons. The van der Waals surface area contributed by atoms with Gasteiger partial charge in [0.1, 0.15) is 5.82 Å². The number of aromatic carboxylic acids is 1.